The van der Waals surface area contributed by atoms with Crippen molar-refractivity contribution in [2.24, 2.45) is 0 Å². The molecule has 1 aromatic carbocycles. The van der Waals surface area contributed by atoms with E-state index in [0.29, 0.717) is 29.6 Å². The predicted molar refractivity (Wildman–Crippen MR) is 95.8 cm³/mol. The van der Waals surface area contributed by atoms with Crippen LogP contribution in [-0.4, -0.2) is 30.5 Å². The molecule has 3 rings (SSSR count). The molecular weight excluding hydrogens is 363 g/mol. The fraction of sp³-hybridized carbons (Fsp3) is 0.250. The molecule has 0 aliphatic heterocycles. The van der Waals surface area contributed by atoms with Crippen LogP contribution in [0.1, 0.15) is 17.7 Å². The van der Waals surface area contributed by atoms with Gasteiger partial charge < -0.3 is 0 Å². The van der Waals surface area contributed by atoms with Gasteiger partial charge in [-0.1, -0.05) is 29.3 Å². The Balaban J connectivity index is 1.55. The first-order valence-corrected chi connectivity index (χ1v) is 8.38. The zero-order valence-corrected chi connectivity index (χ0v) is 15.0. The Morgan fingerprint density at radius 1 is 1.24 bits per heavy atom. The summed E-state index contributed by atoms with van der Waals surface area (Å²) in [4.78, 5) is 16.1. The van der Waals surface area contributed by atoms with E-state index in [1.807, 2.05) is 19.1 Å². The number of carbonyl (C=O) groups is 1. The van der Waals surface area contributed by atoms with Gasteiger partial charge in [0.1, 0.15) is 6.33 Å². The number of aryl methyl sites for hydroxylation is 2. The van der Waals surface area contributed by atoms with Crippen LogP contribution in [-0.2, 0) is 17.9 Å². The van der Waals surface area contributed by atoms with Crippen molar-refractivity contribution in [1.29, 1.82) is 0 Å². The third-order valence-corrected chi connectivity index (χ3v) is 4.33. The number of halogens is 2. The number of nitrogens with one attached hydrogen (secondary N) is 1. The topological polar surface area (TPSA) is 77.6 Å². The molecule has 7 nitrogen and oxygen atoms in total. The van der Waals surface area contributed by atoms with E-state index in [4.69, 9.17) is 23.2 Å². The van der Waals surface area contributed by atoms with Crippen molar-refractivity contribution < 1.29 is 4.79 Å². The molecule has 1 amide bonds. The average molecular weight is 379 g/mol. The van der Waals surface area contributed by atoms with Gasteiger partial charge in [-0.05, 0) is 30.7 Å². The Hall–Kier alpha value is -2.38. The molecule has 0 radical (unpaired) electrons. The molecule has 0 spiro atoms. The zero-order valence-electron chi connectivity index (χ0n) is 13.5. The van der Waals surface area contributed by atoms with Crippen molar-refractivity contribution >= 4 is 35.1 Å². The number of aromatic nitrogens is 5. The lowest BCUT2D eigenvalue weighted by Gasteiger charge is -2.04. The van der Waals surface area contributed by atoms with E-state index in [0.717, 1.165) is 11.3 Å². The summed E-state index contributed by atoms with van der Waals surface area (Å²) in [6, 6.07) is 7.26. The summed E-state index contributed by atoms with van der Waals surface area (Å²) in [6.07, 6.45) is 3.55. The van der Waals surface area contributed by atoms with E-state index < -0.39 is 0 Å². The lowest BCUT2D eigenvalue weighted by molar-refractivity contribution is -0.116. The summed E-state index contributed by atoms with van der Waals surface area (Å²) < 4.78 is 3.39. The molecule has 2 aromatic heterocycles. The molecule has 130 valence electrons. The number of carbonyl (C=O) groups excluding carboxylic acids is 1. The number of nitrogens with zero attached hydrogens (tertiary/aromatic N) is 5. The Bertz CT molecular complexity index is 888. The highest BCUT2D eigenvalue weighted by molar-refractivity contribution is 6.42. The number of hydrogen-bond acceptors (Lipinski definition) is 4. The minimum atomic E-state index is -0.165. The van der Waals surface area contributed by atoms with Crippen LogP contribution in [0, 0.1) is 6.92 Å². The number of anilines is 1. The van der Waals surface area contributed by atoms with Gasteiger partial charge >= 0.3 is 0 Å². The van der Waals surface area contributed by atoms with Crippen molar-refractivity contribution in [3.8, 4) is 0 Å². The summed E-state index contributed by atoms with van der Waals surface area (Å²) in [6.45, 7) is 2.93. The third-order valence-electron chi connectivity index (χ3n) is 3.60. The van der Waals surface area contributed by atoms with Gasteiger partial charge in [-0.2, -0.15) is 5.10 Å². The molecule has 0 unspecified atom stereocenters. The minimum Gasteiger partial charge on any atom is -0.293 e. The van der Waals surface area contributed by atoms with Crippen molar-refractivity contribution in [3.05, 3.63) is 58.1 Å². The smallest absolute Gasteiger partial charge is 0.248 e. The van der Waals surface area contributed by atoms with Gasteiger partial charge in [0.05, 0.1) is 16.6 Å². The van der Waals surface area contributed by atoms with E-state index in [1.54, 1.807) is 34.0 Å². The molecule has 1 N–H and O–H groups in total. The first kappa shape index (κ1) is 17.4. The molecule has 2 heterocycles. The largest absolute Gasteiger partial charge is 0.293 e. The second kappa shape index (κ2) is 7.67. The predicted octanol–water partition coefficient (Wildman–Crippen LogP) is 3.17. The summed E-state index contributed by atoms with van der Waals surface area (Å²) in [5.74, 6) is 0.101. The Kier molecular flexibility index (Phi) is 5.35. The molecule has 0 atom stereocenters. The van der Waals surface area contributed by atoms with Gasteiger partial charge in [-0.15, -0.1) is 5.10 Å². The van der Waals surface area contributed by atoms with Crippen LogP contribution in [0.5, 0.6) is 0 Å². The van der Waals surface area contributed by atoms with E-state index in [-0.39, 0.29) is 11.9 Å². The van der Waals surface area contributed by atoms with Crippen LogP contribution in [0.2, 0.25) is 10.0 Å². The standard InChI is InChI=1S/C16H16Cl2N6O/c1-11-4-6-20-24(11)7-5-15(25)21-16-19-10-23(22-16)9-12-2-3-13(17)14(18)8-12/h2-4,6,8,10H,5,7,9H2,1H3,(H,21,22,25). The maximum atomic E-state index is 12.0. The Labute approximate surface area is 154 Å². The lowest BCUT2D eigenvalue weighted by Crippen LogP contribution is -2.16. The quantitative estimate of drug-likeness (QED) is 0.714. The first-order chi connectivity index (χ1) is 12.0. The van der Waals surface area contributed by atoms with Crippen LogP contribution < -0.4 is 5.32 Å². The third kappa shape index (κ3) is 4.58. The van der Waals surface area contributed by atoms with Crippen LogP contribution in [0.3, 0.4) is 0 Å². The van der Waals surface area contributed by atoms with Crippen LogP contribution >= 0.6 is 23.2 Å². The van der Waals surface area contributed by atoms with E-state index in [1.165, 1.54) is 0 Å². The lowest BCUT2D eigenvalue weighted by atomic mass is 10.2. The van der Waals surface area contributed by atoms with Gasteiger partial charge in [0, 0.05) is 24.9 Å². The van der Waals surface area contributed by atoms with Gasteiger partial charge in [0.15, 0.2) is 0 Å². The fourth-order valence-corrected chi connectivity index (χ4v) is 2.60. The summed E-state index contributed by atoms with van der Waals surface area (Å²) in [5.41, 5.74) is 1.95. The molecule has 3 aromatic rings. The highest BCUT2D eigenvalue weighted by Gasteiger charge is 2.08. The Morgan fingerprint density at radius 3 is 2.80 bits per heavy atom. The average Bonchev–Trinajstić information content (AvgIpc) is 3.18. The molecule has 0 aliphatic carbocycles. The summed E-state index contributed by atoms with van der Waals surface area (Å²) in [5, 5.41) is 12.0. The normalized spacial score (nSPS) is 10.8. The first-order valence-electron chi connectivity index (χ1n) is 7.63. The fourth-order valence-electron chi connectivity index (χ4n) is 2.28. The number of benzene rings is 1. The second-order valence-electron chi connectivity index (χ2n) is 5.51. The molecule has 25 heavy (non-hydrogen) atoms. The molecule has 9 heteroatoms. The molecular formula is C16H16Cl2N6O. The summed E-state index contributed by atoms with van der Waals surface area (Å²) in [7, 11) is 0. The van der Waals surface area contributed by atoms with Gasteiger partial charge in [0.2, 0.25) is 11.9 Å². The van der Waals surface area contributed by atoms with E-state index >= 15 is 0 Å². The second-order valence-corrected chi connectivity index (χ2v) is 6.32. The van der Waals surface area contributed by atoms with Crippen molar-refractivity contribution in [2.45, 2.75) is 26.4 Å². The van der Waals surface area contributed by atoms with Crippen molar-refractivity contribution in [2.75, 3.05) is 5.32 Å². The molecule has 0 saturated carbocycles. The van der Waals surface area contributed by atoms with Crippen molar-refractivity contribution in [1.82, 2.24) is 24.5 Å². The van der Waals surface area contributed by atoms with Gasteiger partial charge in [-0.3, -0.25) is 14.8 Å². The number of amides is 1. The molecule has 0 bridgehead atoms. The van der Waals surface area contributed by atoms with E-state index in [9.17, 15) is 4.79 Å². The highest BCUT2D eigenvalue weighted by Crippen LogP contribution is 2.22. The molecule has 0 aliphatic rings. The SMILES string of the molecule is Cc1ccnn1CCC(=O)Nc1ncn(Cc2ccc(Cl)c(Cl)c2)n1. The zero-order chi connectivity index (χ0) is 17.8. The van der Waals surface area contributed by atoms with Crippen LogP contribution in [0.15, 0.2) is 36.8 Å². The number of rotatable bonds is 6. The van der Waals surface area contributed by atoms with Gasteiger partial charge in [0.25, 0.3) is 0 Å². The monoisotopic (exact) mass is 378 g/mol. The molecule has 0 saturated heterocycles. The maximum absolute atomic E-state index is 12.0. The van der Waals surface area contributed by atoms with Crippen LogP contribution in [0.25, 0.3) is 0 Å². The maximum Gasteiger partial charge on any atom is 0.248 e. The minimum absolute atomic E-state index is 0.165. The van der Waals surface area contributed by atoms with Gasteiger partial charge in [-0.25, -0.2) is 9.67 Å². The molecule has 0 fully saturated rings. The Morgan fingerprint density at radius 2 is 2.08 bits per heavy atom. The van der Waals surface area contributed by atoms with E-state index in [2.05, 4.69) is 20.5 Å². The van der Waals surface area contributed by atoms with Crippen molar-refractivity contribution in [3.63, 3.8) is 0 Å². The highest BCUT2D eigenvalue weighted by atomic mass is 35.5. The van der Waals surface area contributed by atoms with Crippen LogP contribution in [0.4, 0.5) is 5.95 Å². The number of hydrogen-bond donors (Lipinski definition) is 1. The summed E-state index contributed by atoms with van der Waals surface area (Å²) >= 11 is 11.9.